The standard InChI is InChI=1S/C38H70N4O4/c1-3-5-7-9-10-11-12-13-14-15-16-17-18-19-20-22-29-44-33-37(46-38-23-24-39-35-40-38)34-45-32-31-43-30-28-42-27-26-41(36-42)25-21-8-6-4-2/h23-24,26-27,35,37H,3-22,25,28-34,36H2,1-2H3. The van der Waals surface area contributed by atoms with Gasteiger partial charge in [-0.1, -0.05) is 129 Å². The Labute approximate surface area is 283 Å². The lowest BCUT2D eigenvalue weighted by atomic mass is 10.0. The fourth-order valence-electron chi connectivity index (χ4n) is 5.77. The summed E-state index contributed by atoms with van der Waals surface area (Å²) in [6.07, 6.45) is 34.5. The number of unbranched alkanes of at least 4 members (excludes halogenated alkanes) is 18. The lowest BCUT2D eigenvalue weighted by molar-refractivity contribution is -0.0246. The molecule has 0 saturated heterocycles. The molecule has 1 aromatic heterocycles. The van der Waals surface area contributed by atoms with Crippen LogP contribution in [0.1, 0.15) is 142 Å². The first kappa shape index (κ1) is 40.3. The van der Waals surface area contributed by atoms with Gasteiger partial charge in [-0.25, -0.2) is 9.97 Å². The molecule has 266 valence electrons. The van der Waals surface area contributed by atoms with Crippen molar-refractivity contribution in [1.29, 1.82) is 0 Å². The van der Waals surface area contributed by atoms with E-state index in [0.717, 1.165) is 32.8 Å². The van der Waals surface area contributed by atoms with E-state index in [4.69, 9.17) is 18.9 Å². The van der Waals surface area contributed by atoms with Crippen LogP contribution in [-0.4, -0.2) is 85.3 Å². The van der Waals surface area contributed by atoms with Crippen molar-refractivity contribution in [3.05, 3.63) is 31.0 Å². The first-order valence-electron chi connectivity index (χ1n) is 19.1. The highest BCUT2D eigenvalue weighted by Crippen LogP contribution is 2.14. The first-order valence-corrected chi connectivity index (χ1v) is 19.1. The molecule has 1 atom stereocenters. The summed E-state index contributed by atoms with van der Waals surface area (Å²) in [5, 5.41) is 0. The molecule has 1 unspecified atom stereocenters. The van der Waals surface area contributed by atoms with Crippen LogP contribution < -0.4 is 4.74 Å². The molecule has 0 bridgehead atoms. The molecule has 8 nitrogen and oxygen atoms in total. The topological polar surface area (TPSA) is 69.2 Å². The van der Waals surface area contributed by atoms with Crippen LogP contribution >= 0.6 is 0 Å². The minimum Gasteiger partial charge on any atom is -0.469 e. The van der Waals surface area contributed by atoms with Gasteiger partial charge in [-0.2, -0.15) is 0 Å². The van der Waals surface area contributed by atoms with Crippen LogP contribution in [0, 0.1) is 0 Å². The largest absolute Gasteiger partial charge is 0.469 e. The van der Waals surface area contributed by atoms with Gasteiger partial charge in [-0.05, 0) is 12.8 Å². The first-order chi connectivity index (χ1) is 22.8. The zero-order valence-corrected chi connectivity index (χ0v) is 29.9. The van der Waals surface area contributed by atoms with Crippen LogP contribution in [0.2, 0.25) is 0 Å². The molecule has 2 rings (SSSR count). The normalized spacial score (nSPS) is 13.6. The van der Waals surface area contributed by atoms with Crippen LogP contribution in [-0.2, 0) is 14.2 Å². The molecule has 0 aromatic carbocycles. The molecule has 2 heterocycles. The van der Waals surface area contributed by atoms with Gasteiger partial charge in [0.15, 0.2) is 0 Å². The van der Waals surface area contributed by atoms with Gasteiger partial charge in [0.25, 0.3) is 0 Å². The summed E-state index contributed by atoms with van der Waals surface area (Å²) in [7, 11) is 0. The fourth-order valence-corrected chi connectivity index (χ4v) is 5.77. The zero-order chi connectivity index (χ0) is 32.6. The summed E-state index contributed by atoms with van der Waals surface area (Å²) in [6.45, 7) is 11.0. The quantitative estimate of drug-likeness (QED) is 0.0687. The second-order valence-electron chi connectivity index (χ2n) is 13.0. The highest BCUT2D eigenvalue weighted by atomic mass is 16.6. The number of hydrogen-bond donors (Lipinski definition) is 0. The van der Waals surface area contributed by atoms with E-state index in [1.807, 2.05) is 0 Å². The van der Waals surface area contributed by atoms with E-state index < -0.39 is 0 Å². The Kier molecular flexibility index (Phi) is 26.6. The predicted octanol–water partition coefficient (Wildman–Crippen LogP) is 9.16. The van der Waals surface area contributed by atoms with Crippen molar-refractivity contribution in [2.24, 2.45) is 0 Å². The van der Waals surface area contributed by atoms with Crippen molar-refractivity contribution in [3.8, 4) is 5.88 Å². The third-order valence-corrected chi connectivity index (χ3v) is 8.64. The highest BCUT2D eigenvalue weighted by molar-refractivity contribution is 5.05. The summed E-state index contributed by atoms with van der Waals surface area (Å²) in [6, 6.07) is 1.77. The summed E-state index contributed by atoms with van der Waals surface area (Å²) in [5.74, 6) is 0.545. The molecule has 0 aliphatic carbocycles. The second kappa shape index (κ2) is 30.4. The summed E-state index contributed by atoms with van der Waals surface area (Å²) >= 11 is 0. The number of nitrogens with zero attached hydrogens (tertiary/aromatic N) is 4. The van der Waals surface area contributed by atoms with E-state index in [1.165, 1.54) is 128 Å². The van der Waals surface area contributed by atoms with E-state index in [2.05, 4.69) is 46.0 Å². The molecule has 0 N–H and O–H groups in total. The smallest absolute Gasteiger partial charge is 0.216 e. The zero-order valence-electron chi connectivity index (χ0n) is 29.9. The maximum atomic E-state index is 6.03. The highest BCUT2D eigenvalue weighted by Gasteiger charge is 2.13. The van der Waals surface area contributed by atoms with E-state index >= 15 is 0 Å². The van der Waals surface area contributed by atoms with Gasteiger partial charge < -0.3 is 28.7 Å². The summed E-state index contributed by atoms with van der Waals surface area (Å²) in [5.41, 5.74) is 0. The molecule has 46 heavy (non-hydrogen) atoms. The van der Waals surface area contributed by atoms with E-state index in [0.29, 0.717) is 38.9 Å². The van der Waals surface area contributed by atoms with Crippen molar-refractivity contribution < 1.29 is 18.9 Å². The van der Waals surface area contributed by atoms with Crippen molar-refractivity contribution in [1.82, 2.24) is 19.8 Å². The van der Waals surface area contributed by atoms with Crippen LogP contribution in [0.5, 0.6) is 5.88 Å². The van der Waals surface area contributed by atoms with Gasteiger partial charge in [0.1, 0.15) is 12.4 Å². The Morgan fingerprint density at radius 3 is 1.70 bits per heavy atom. The molecule has 0 radical (unpaired) electrons. The maximum absolute atomic E-state index is 6.03. The Morgan fingerprint density at radius 2 is 1.11 bits per heavy atom. The van der Waals surface area contributed by atoms with Crippen LogP contribution in [0.25, 0.3) is 0 Å². The van der Waals surface area contributed by atoms with Gasteiger partial charge in [-0.15, -0.1) is 0 Å². The van der Waals surface area contributed by atoms with Crippen LogP contribution in [0.4, 0.5) is 0 Å². The van der Waals surface area contributed by atoms with Crippen molar-refractivity contribution in [3.63, 3.8) is 0 Å². The van der Waals surface area contributed by atoms with Crippen LogP contribution in [0.3, 0.4) is 0 Å². The van der Waals surface area contributed by atoms with Gasteiger partial charge in [0, 0.05) is 44.4 Å². The summed E-state index contributed by atoms with van der Waals surface area (Å²) < 4.78 is 23.8. The van der Waals surface area contributed by atoms with Gasteiger partial charge >= 0.3 is 0 Å². The molecule has 0 saturated carbocycles. The predicted molar refractivity (Wildman–Crippen MR) is 190 cm³/mol. The molecule has 0 amide bonds. The molecule has 1 aromatic rings. The van der Waals surface area contributed by atoms with Crippen LogP contribution in [0.15, 0.2) is 31.0 Å². The number of ether oxygens (including phenoxy) is 4. The monoisotopic (exact) mass is 647 g/mol. The van der Waals surface area contributed by atoms with Gasteiger partial charge in [-0.3, -0.25) is 0 Å². The minimum absolute atomic E-state index is 0.214. The fraction of sp³-hybridized carbons (Fsp3) is 0.842. The van der Waals surface area contributed by atoms with Gasteiger partial charge in [0.05, 0.1) is 39.7 Å². The maximum Gasteiger partial charge on any atom is 0.216 e. The summed E-state index contributed by atoms with van der Waals surface area (Å²) in [4.78, 5) is 12.9. The van der Waals surface area contributed by atoms with Crippen molar-refractivity contribution in [2.75, 3.05) is 59.4 Å². The Morgan fingerprint density at radius 1 is 0.587 bits per heavy atom. The molecule has 1 aliphatic rings. The Balaban J connectivity index is 1.42. The van der Waals surface area contributed by atoms with E-state index in [9.17, 15) is 0 Å². The lowest BCUT2D eigenvalue weighted by Gasteiger charge is -2.21. The van der Waals surface area contributed by atoms with E-state index in [1.54, 1.807) is 12.3 Å². The second-order valence-corrected chi connectivity index (χ2v) is 13.0. The Hall–Kier alpha value is -1.90. The number of rotatable bonds is 34. The molecule has 1 aliphatic heterocycles. The average molecular weight is 647 g/mol. The van der Waals surface area contributed by atoms with E-state index in [-0.39, 0.29) is 6.10 Å². The minimum atomic E-state index is -0.214. The number of aromatic nitrogens is 2. The lowest BCUT2D eigenvalue weighted by Crippen LogP contribution is -2.30. The van der Waals surface area contributed by atoms with Gasteiger partial charge in [0.2, 0.25) is 5.88 Å². The molecule has 0 spiro atoms. The molecular weight excluding hydrogens is 576 g/mol. The molecule has 0 fully saturated rings. The number of hydrogen-bond acceptors (Lipinski definition) is 8. The third kappa shape index (κ3) is 23.4. The third-order valence-electron chi connectivity index (χ3n) is 8.64. The average Bonchev–Trinajstić information content (AvgIpc) is 3.53. The molecular formula is C38H70N4O4. The Bertz CT molecular complexity index is 800. The van der Waals surface area contributed by atoms with Crippen molar-refractivity contribution >= 4 is 0 Å². The molecule has 8 heteroatoms. The van der Waals surface area contributed by atoms with Crippen molar-refractivity contribution in [2.45, 2.75) is 148 Å². The SMILES string of the molecule is CCCCCCCCCCCCCCCCCCOCC(COCCOCCN1C=CN(CCCCCC)C1)Oc1ccncn1.